The van der Waals surface area contributed by atoms with Gasteiger partial charge in [0.25, 0.3) is 0 Å². The molecule has 5 heteroatoms. The summed E-state index contributed by atoms with van der Waals surface area (Å²) in [6, 6.07) is 0.0772. The summed E-state index contributed by atoms with van der Waals surface area (Å²) in [6.07, 6.45) is -4.23. The molecule has 0 radical (unpaired) electrons. The fraction of sp³-hybridized carbons (Fsp3) is 0.600. The first-order chi connectivity index (χ1) is 6.86. The van der Waals surface area contributed by atoms with Gasteiger partial charge in [-0.2, -0.15) is 13.2 Å². The van der Waals surface area contributed by atoms with Crippen LogP contribution < -0.4 is 5.32 Å². The minimum absolute atomic E-state index is 0.304. The van der Waals surface area contributed by atoms with Crippen LogP contribution in [0.25, 0.3) is 0 Å². The molecule has 0 bridgehead atoms. The van der Waals surface area contributed by atoms with Gasteiger partial charge in [-0.25, -0.2) is 0 Å². The number of alkyl halides is 3. The first kappa shape index (κ1) is 12.5. The monoisotopic (exact) mass is 237 g/mol. The number of thiophene rings is 1. The maximum atomic E-state index is 12.7. The molecule has 86 valence electrons. The molecule has 0 saturated carbocycles. The van der Waals surface area contributed by atoms with Gasteiger partial charge in [0.05, 0.1) is 0 Å². The van der Waals surface area contributed by atoms with Crippen LogP contribution in [0.5, 0.6) is 0 Å². The normalized spacial score (nSPS) is 14.3. The third-order valence-corrected chi connectivity index (χ3v) is 3.11. The van der Waals surface area contributed by atoms with Crippen molar-refractivity contribution in [2.75, 3.05) is 6.54 Å². The summed E-state index contributed by atoms with van der Waals surface area (Å²) in [7, 11) is 0. The fourth-order valence-electron chi connectivity index (χ4n) is 1.54. The van der Waals surface area contributed by atoms with Crippen molar-refractivity contribution in [3.8, 4) is 0 Å². The van der Waals surface area contributed by atoms with Crippen molar-refractivity contribution in [1.29, 1.82) is 0 Å². The molecule has 1 unspecified atom stereocenters. The molecule has 1 atom stereocenters. The fourth-order valence-corrected chi connectivity index (χ4v) is 2.51. The molecule has 0 spiro atoms. The lowest BCUT2D eigenvalue weighted by Gasteiger charge is -2.21. The van der Waals surface area contributed by atoms with Gasteiger partial charge in [0, 0.05) is 9.75 Å². The van der Waals surface area contributed by atoms with Gasteiger partial charge in [0.2, 0.25) is 0 Å². The van der Waals surface area contributed by atoms with Gasteiger partial charge < -0.3 is 5.32 Å². The van der Waals surface area contributed by atoms with Crippen molar-refractivity contribution in [1.82, 2.24) is 5.32 Å². The summed E-state index contributed by atoms with van der Waals surface area (Å²) in [5.41, 5.74) is 0.354. The highest BCUT2D eigenvalue weighted by atomic mass is 32.1. The highest BCUT2D eigenvalue weighted by Crippen LogP contribution is 2.37. The number of rotatable bonds is 3. The number of halogens is 3. The van der Waals surface area contributed by atoms with Crippen LogP contribution in [-0.2, 0) is 0 Å². The van der Waals surface area contributed by atoms with Gasteiger partial charge in [0.1, 0.15) is 6.04 Å². The Kier molecular flexibility index (Phi) is 3.78. The van der Waals surface area contributed by atoms with Crippen LogP contribution in [0.4, 0.5) is 13.2 Å². The maximum Gasteiger partial charge on any atom is 0.407 e. The molecule has 0 aliphatic carbocycles. The smallest absolute Gasteiger partial charge is 0.303 e. The minimum Gasteiger partial charge on any atom is -0.303 e. The molecule has 0 amide bonds. The van der Waals surface area contributed by atoms with Crippen LogP contribution in [0.2, 0.25) is 0 Å². The largest absolute Gasteiger partial charge is 0.407 e. The molecule has 0 aliphatic rings. The zero-order chi connectivity index (χ0) is 11.6. The van der Waals surface area contributed by atoms with Crippen LogP contribution in [-0.4, -0.2) is 12.7 Å². The van der Waals surface area contributed by atoms with E-state index in [9.17, 15) is 13.2 Å². The van der Waals surface area contributed by atoms with E-state index in [4.69, 9.17) is 0 Å². The second-order valence-corrected chi connectivity index (χ2v) is 4.86. The third kappa shape index (κ3) is 2.95. The van der Waals surface area contributed by atoms with Crippen LogP contribution in [0.3, 0.4) is 0 Å². The van der Waals surface area contributed by atoms with Gasteiger partial charge in [-0.15, -0.1) is 11.3 Å². The van der Waals surface area contributed by atoms with Crippen molar-refractivity contribution in [2.45, 2.75) is 33.0 Å². The molecule has 0 aromatic carbocycles. The summed E-state index contributed by atoms with van der Waals surface area (Å²) in [4.78, 5) is 1.64. The topological polar surface area (TPSA) is 12.0 Å². The predicted octanol–water partition coefficient (Wildman–Crippen LogP) is 3.58. The summed E-state index contributed by atoms with van der Waals surface area (Å²) < 4.78 is 38.2. The Morgan fingerprint density at radius 2 is 2.00 bits per heavy atom. The van der Waals surface area contributed by atoms with E-state index >= 15 is 0 Å². The molecule has 0 fully saturated rings. The molecule has 0 aliphatic heterocycles. The standard InChI is InChI=1S/C10H14F3NS/c1-4-14-9(10(11,12)13)8-5-6(2)15-7(8)3/h5,9,14H,4H2,1-3H3. The van der Waals surface area contributed by atoms with E-state index in [0.717, 1.165) is 9.75 Å². The molecule has 1 rings (SSSR count). The quantitative estimate of drug-likeness (QED) is 0.847. The summed E-state index contributed by atoms with van der Waals surface area (Å²) in [6.45, 7) is 5.52. The van der Waals surface area contributed by atoms with Crippen molar-refractivity contribution < 1.29 is 13.2 Å². The average Bonchev–Trinajstić information content (AvgIpc) is 2.39. The highest BCUT2D eigenvalue weighted by molar-refractivity contribution is 7.12. The Morgan fingerprint density at radius 3 is 2.33 bits per heavy atom. The second kappa shape index (κ2) is 4.53. The van der Waals surface area contributed by atoms with Crippen molar-refractivity contribution in [3.05, 3.63) is 21.4 Å². The lowest BCUT2D eigenvalue weighted by atomic mass is 10.1. The molecule has 0 saturated heterocycles. The Labute approximate surface area is 91.3 Å². The molecular weight excluding hydrogens is 223 g/mol. The van der Waals surface area contributed by atoms with Gasteiger partial charge in [-0.1, -0.05) is 6.92 Å². The molecule has 1 N–H and O–H groups in total. The highest BCUT2D eigenvalue weighted by Gasteiger charge is 2.41. The van der Waals surface area contributed by atoms with Crippen LogP contribution in [0.15, 0.2) is 6.07 Å². The van der Waals surface area contributed by atoms with E-state index < -0.39 is 12.2 Å². The molecule has 1 aromatic rings. The summed E-state index contributed by atoms with van der Waals surface area (Å²) in [5, 5.41) is 2.47. The second-order valence-electron chi connectivity index (χ2n) is 3.40. The Morgan fingerprint density at radius 1 is 1.40 bits per heavy atom. The zero-order valence-electron chi connectivity index (χ0n) is 8.90. The van der Waals surface area contributed by atoms with E-state index in [1.165, 1.54) is 11.3 Å². The van der Waals surface area contributed by atoms with Crippen LogP contribution >= 0.6 is 11.3 Å². The van der Waals surface area contributed by atoms with Gasteiger partial charge in [-0.3, -0.25) is 0 Å². The Bertz CT molecular complexity index is 330. The van der Waals surface area contributed by atoms with E-state index in [1.54, 1.807) is 19.9 Å². The van der Waals surface area contributed by atoms with Crippen LogP contribution in [0.1, 0.15) is 28.3 Å². The molecule has 1 heterocycles. The first-order valence-electron chi connectivity index (χ1n) is 4.73. The van der Waals surface area contributed by atoms with E-state index in [-0.39, 0.29) is 0 Å². The zero-order valence-corrected chi connectivity index (χ0v) is 9.72. The number of hydrogen-bond donors (Lipinski definition) is 1. The molecular formula is C10H14F3NS. The van der Waals surface area contributed by atoms with Gasteiger partial charge in [-0.05, 0) is 32.0 Å². The van der Waals surface area contributed by atoms with Crippen molar-refractivity contribution in [2.24, 2.45) is 0 Å². The average molecular weight is 237 g/mol. The minimum atomic E-state index is -4.23. The van der Waals surface area contributed by atoms with E-state index in [0.29, 0.717) is 12.1 Å². The summed E-state index contributed by atoms with van der Waals surface area (Å²) in [5.74, 6) is 0. The molecule has 1 aromatic heterocycles. The molecule has 15 heavy (non-hydrogen) atoms. The maximum absolute atomic E-state index is 12.7. The van der Waals surface area contributed by atoms with Crippen molar-refractivity contribution in [3.63, 3.8) is 0 Å². The van der Waals surface area contributed by atoms with E-state index in [2.05, 4.69) is 5.32 Å². The predicted molar refractivity (Wildman–Crippen MR) is 56.3 cm³/mol. The number of aryl methyl sites for hydroxylation is 2. The van der Waals surface area contributed by atoms with Gasteiger partial charge >= 0.3 is 6.18 Å². The SMILES string of the molecule is CCNC(c1cc(C)sc1C)C(F)(F)F. The molecule has 1 nitrogen and oxygen atoms in total. The van der Waals surface area contributed by atoms with Gasteiger partial charge in [0.15, 0.2) is 0 Å². The van der Waals surface area contributed by atoms with Crippen molar-refractivity contribution >= 4 is 11.3 Å². The first-order valence-corrected chi connectivity index (χ1v) is 5.55. The Balaban J connectivity index is 3.04. The Hall–Kier alpha value is -0.550. The lowest BCUT2D eigenvalue weighted by Crippen LogP contribution is -2.34. The third-order valence-electron chi connectivity index (χ3n) is 2.13. The summed E-state index contributed by atoms with van der Waals surface area (Å²) >= 11 is 1.40. The number of nitrogens with one attached hydrogen (secondary N) is 1. The van der Waals surface area contributed by atoms with E-state index in [1.807, 2.05) is 6.92 Å². The lowest BCUT2D eigenvalue weighted by molar-refractivity contribution is -0.157. The van der Waals surface area contributed by atoms with Crippen LogP contribution in [0, 0.1) is 13.8 Å². The number of hydrogen-bond acceptors (Lipinski definition) is 2.